The zero-order valence-electron chi connectivity index (χ0n) is 12.4. The minimum atomic E-state index is -0.0126. The van der Waals surface area contributed by atoms with E-state index in [1.165, 1.54) is 5.56 Å². The third-order valence-electron chi connectivity index (χ3n) is 3.34. The quantitative estimate of drug-likeness (QED) is 0.626. The molecule has 0 saturated carbocycles. The average Bonchev–Trinajstić information content (AvgIpc) is 2.42. The molecule has 2 rings (SSSR count). The number of ether oxygens (including phenoxy) is 1. The van der Waals surface area contributed by atoms with Crippen LogP contribution in [0, 0.1) is 12.3 Å². The lowest BCUT2D eigenvalue weighted by Crippen LogP contribution is -2.10. The molecule has 0 unspecified atom stereocenters. The molecule has 0 radical (unpaired) electrons. The fourth-order valence-electron chi connectivity index (χ4n) is 1.96. The standard InChI is InChI=1S/C17H19ClN2O/c1-10(2)12-5-4-11(3)16(9-12)21-15-7-6-13(17(19)20)8-14(15)18/h4-10H,1-3H3,(H3,19,20). The molecule has 2 aromatic rings. The number of halogens is 1. The summed E-state index contributed by atoms with van der Waals surface area (Å²) in [7, 11) is 0. The lowest BCUT2D eigenvalue weighted by molar-refractivity contribution is 0.478. The van der Waals surface area contributed by atoms with Crippen molar-refractivity contribution in [2.75, 3.05) is 0 Å². The molecule has 2 aromatic carbocycles. The maximum Gasteiger partial charge on any atom is 0.146 e. The number of hydrogen-bond acceptors (Lipinski definition) is 2. The Kier molecular flexibility index (Phi) is 4.53. The summed E-state index contributed by atoms with van der Waals surface area (Å²) in [5, 5.41) is 7.85. The van der Waals surface area contributed by atoms with Gasteiger partial charge in [0.05, 0.1) is 5.02 Å². The Labute approximate surface area is 130 Å². The summed E-state index contributed by atoms with van der Waals surface area (Å²) < 4.78 is 5.92. The second-order valence-corrected chi connectivity index (χ2v) is 5.75. The predicted molar refractivity (Wildman–Crippen MR) is 87.8 cm³/mol. The maximum absolute atomic E-state index is 7.41. The Bertz CT molecular complexity index is 680. The van der Waals surface area contributed by atoms with Gasteiger partial charge in [0, 0.05) is 5.56 Å². The summed E-state index contributed by atoms with van der Waals surface area (Å²) in [6.07, 6.45) is 0. The molecule has 0 amide bonds. The molecular formula is C17H19ClN2O. The van der Waals surface area contributed by atoms with Gasteiger partial charge < -0.3 is 10.5 Å². The Morgan fingerprint density at radius 1 is 1.14 bits per heavy atom. The largest absolute Gasteiger partial charge is 0.456 e. The highest BCUT2D eigenvalue weighted by Crippen LogP contribution is 2.33. The predicted octanol–water partition coefficient (Wildman–Crippen LogP) is 4.85. The van der Waals surface area contributed by atoms with E-state index in [9.17, 15) is 0 Å². The maximum atomic E-state index is 7.41. The van der Waals surface area contributed by atoms with Gasteiger partial charge in [-0.2, -0.15) is 0 Å². The van der Waals surface area contributed by atoms with E-state index in [0.29, 0.717) is 22.3 Å². The van der Waals surface area contributed by atoms with Gasteiger partial charge >= 0.3 is 0 Å². The highest BCUT2D eigenvalue weighted by Gasteiger charge is 2.09. The number of rotatable bonds is 4. The van der Waals surface area contributed by atoms with Crippen LogP contribution in [0.1, 0.15) is 36.5 Å². The lowest BCUT2D eigenvalue weighted by Gasteiger charge is -2.14. The van der Waals surface area contributed by atoms with E-state index in [1.807, 2.05) is 19.1 Å². The molecule has 0 heterocycles. The Morgan fingerprint density at radius 3 is 2.43 bits per heavy atom. The van der Waals surface area contributed by atoms with Gasteiger partial charge in [-0.25, -0.2) is 0 Å². The number of amidine groups is 1. The van der Waals surface area contributed by atoms with E-state index in [1.54, 1.807) is 18.2 Å². The van der Waals surface area contributed by atoms with Crippen LogP contribution in [-0.2, 0) is 0 Å². The number of nitrogens with one attached hydrogen (secondary N) is 1. The van der Waals surface area contributed by atoms with Crippen molar-refractivity contribution in [1.29, 1.82) is 5.41 Å². The number of aryl methyl sites for hydroxylation is 1. The molecule has 0 spiro atoms. The Hall–Kier alpha value is -2.00. The molecule has 0 aliphatic heterocycles. The van der Waals surface area contributed by atoms with Gasteiger partial charge in [0.1, 0.15) is 17.3 Å². The molecule has 3 nitrogen and oxygen atoms in total. The summed E-state index contributed by atoms with van der Waals surface area (Å²) in [5.74, 6) is 1.77. The van der Waals surface area contributed by atoms with Crippen LogP contribution in [-0.4, -0.2) is 5.84 Å². The van der Waals surface area contributed by atoms with E-state index >= 15 is 0 Å². The molecule has 0 aliphatic carbocycles. The molecule has 3 N–H and O–H groups in total. The highest BCUT2D eigenvalue weighted by molar-refractivity contribution is 6.32. The third-order valence-corrected chi connectivity index (χ3v) is 3.64. The number of nitrogens with two attached hydrogens (primary N) is 1. The molecule has 4 heteroatoms. The van der Waals surface area contributed by atoms with Gasteiger partial charge in [-0.3, -0.25) is 5.41 Å². The van der Waals surface area contributed by atoms with E-state index in [2.05, 4.69) is 19.9 Å². The Balaban J connectivity index is 2.34. The fraction of sp³-hybridized carbons (Fsp3) is 0.235. The minimum absolute atomic E-state index is 0.0126. The molecule has 0 aliphatic rings. The lowest BCUT2D eigenvalue weighted by atomic mass is 10.0. The van der Waals surface area contributed by atoms with Crippen molar-refractivity contribution in [2.45, 2.75) is 26.7 Å². The van der Waals surface area contributed by atoms with Crippen molar-refractivity contribution < 1.29 is 4.74 Å². The number of hydrogen-bond donors (Lipinski definition) is 2. The van der Waals surface area contributed by atoms with Gasteiger partial charge in [-0.1, -0.05) is 37.6 Å². The van der Waals surface area contributed by atoms with Crippen LogP contribution >= 0.6 is 11.6 Å². The summed E-state index contributed by atoms with van der Waals surface area (Å²) in [5.41, 5.74) is 8.29. The van der Waals surface area contributed by atoms with Crippen molar-refractivity contribution in [3.63, 3.8) is 0 Å². The first-order valence-corrected chi connectivity index (χ1v) is 7.18. The van der Waals surface area contributed by atoms with Gasteiger partial charge in [0.15, 0.2) is 0 Å². The topological polar surface area (TPSA) is 59.1 Å². The molecular weight excluding hydrogens is 284 g/mol. The van der Waals surface area contributed by atoms with Crippen LogP contribution in [0.4, 0.5) is 0 Å². The average molecular weight is 303 g/mol. The first kappa shape index (κ1) is 15.4. The third kappa shape index (κ3) is 3.56. The van der Waals surface area contributed by atoms with Crippen molar-refractivity contribution in [1.82, 2.24) is 0 Å². The first-order chi connectivity index (χ1) is 9.88. The van der Waals surface area contributed by atoms with Crippen molar-refractivity contribution in [3.05, 3.63) is 58.1 Å². The Morgan fingerprint density at radius 2 is 1.86 bits per heavy atom. The van der Waals surface area contributed by atoms with E-state index in [4.69, 9.17) is 27.5 Å². The van der Waals surface area contributed by atoms with Crippen LogP contribution in [0.15, 0.2) is 36.4 Å². The molecule has 21 heavy (non-hydrogen) atoms. The monoisotopic (exact) mass is 302 g/mol. The van der Waals surface area contributed by atoms with Crippen molar-refractivity contribution in [2.24, 2.45) is 5.73 Å². The molecule has 0 saturated heterocycles. The normalized spacial score (nSPS) is 10.7. The zero-order chi connectivity index (χ0) is 15.6. The van der Waals surface area contributed by atoms with Gasteiger partial charge in [-0.05, 0) is 48.2 Å². The van der Waals surface area contributed by atoms with Crippen molar-refractivity contribution in [3.8, 4) is 11.5 Å². The molecule has 0 bridgehead atoms. The molecule has 0 atom stereocenters. The van der Waals surface area contributed by atoms with Crippen LogP contribution in [0.3, 0.4) is 0 Å². The second-order valence-electron chi connectivity index (χ2n) is 5.34. The van der Waals surface area contributed by atoms with Gasteiger partial charge in [-0.15, -0.1) is 0 Å². The SMILES string of the molecule is Cc1ccc(C(C)C)cc1Oc1ccc(C(=N)N)cc1Cl. The smallest absolute Gasteiger partial charge is 0.146 e. The highest BCUT2D eigenvalue weighted by atomic mass is 35.5. The summed E-state index contributed by atoms with van der Waals surface area (Å²) in [4.78, 5) is 0. The van der Waals surface area contributed by atoms with Crippen molar-refractivity contribution >= 4 is 17.4 Å². The van der Waals surface area contributed by atoms with E-state index in [-0.39, 0.29) is 5.84 Å². The fourth-order valence-corrected chi connectivity index (χ4v) is 2.17. The summed E-state index contributed by atoms with van der Waals surface area (Å²) >= 11 is 6.20. The van der Waals surface area contributed by atoms with Crippen LogP contribution < -0.4 is 10.5 Å². The number of nitrogen functional groups attached to an aromatic ring is 1. The zero-order valence-corrected chi connectivity index (χ0v) is 13.2. The minimum Gasteiger partial charge on any atom is -0.456 e. The van der Waals surface area contributed by atoms with E-state index < -0.39 is 0 Å². The summed E-state index contributed by atoms with van der Waals surface area (Å²) in [6, 6.07) is 11.3. The van der Waals surface area contributed by atoms with Crippen LogP contribution in [0.5, 0.6) is 11.5 Å². The summed E-state index contributed by atoms with van der Waals surface area (Å²) in [6.45, 7) is 6.28. The molecule has 0 aromatic heterocycles. The van der Waals surface area contributed by atoms with Gasteiger partial charge in [0.25, 0.3) is 0 Å². The number of benzene rings is 2. The van der Waals surface area contributed by atoms with Crippen LogP contribution in [0.2, 0.25) is 5.02 Å². The second kappa shape index (κ2) is 6.19. The van der Waals surface area contributed by atoms with E-state index in [0.717, 1.165) is 11.3 Å². The molecule has 0 fully saturated rings. The van der Waals surface area contributed by atoms with Crippen LogP contribution in [0.25, 0.3) is 0 Å². The molecule has 110 valence electrons. The first-order valence-electron chi connectivity index (χ1n) is 6.81. The van der Waals surface area contributed by atoms with Gasteiger partial charge in [0.2, 0.25) is 0 Å².